The summed E-state index contributed by atoms with van der Waals surface area (Å²) in [7, 11) is 1.66. The van der Waals surface area contributed by atoms with Crippen LogP contribution in [0.5, 0.6) is 0 Å². The van der Waals surface area contributed by atoms with Crippen molar-refractivity contribution in [1.82, 2.24) is 4.90 Å². The lowest BCUT2D eigenvalue weighted by molar-refractivity contribution is 0.0588. The van der Waals surface area contributed by atoms with E-state index < -0.39 is 0 Å². The molecule has 0 fully saturated rings. The third-order valence-corrected chi connectivity index (χ3v) is 4.49. The number of halogens is 2. The maximum Gasteiger partial charge on any atom is 0.255 e. The van der Waals surface area contributed by atoms with E-state index in [2.05, 4.69) is 45.7 Å². The van der Waals surface area contributed by atoms with Gasteiger partial charge in [0, 0.05) is 28.6 Å². The van der Waals surface area contributed by atoms with E-state index in [9.17, 15) is 4.79 Å². The Kier molecular flexibility index (Phi) is 7.77. The van der Waals surface area contributed by atoms with E-state index in [-0.39, 0.29) is 11.9 Å². The Bertz CT molecular complexity index is 447. The van der Waals surface area contributed by atoms with Crippen LogP contribution in [-0.2, 0) is 4.74 Å². The third kappa shape index (κ3) is 4.57. The monoisotopic (exact) mass is 405 g/mol. The van der Waals surface area contributed by atoms with Crippen LogP contribution in [-0.4, -0.2) is 37.1 Å². The van der Waals surface area contributed by atoms with Gasteiger partial charge in [-0.3, -0.25) is 4.79 Å². The van der Waals surface area contributed by atoms with Gasteiger partial charge in [0.15, 0.2) is 0 Å². The number of hydrogen-bond donors (Lipinski definition) is 0. The number of carbonyl (C=O) groups excluding carboxylic acids is 1. The van der Waals surface area contributed by atoms with Crippen LogP contribution >= 0.6 is 31.9 Å². The Labute approximate surface area is 137 Å². The molecule has 1 aromatic carbocycles. The van der Waals surface area contributed by atoms with Crippen molar-refractivity contribution in [2.24, 2.45) is 0 Å². The summed E-state index contributed by atoms with van der Waals surface area (Å²) in [6, 6.07) is 5.88. The molecule has 20 heavy (non-hydrogen) atoms. The fraction of sp³-hybridized carbons (Fsp3) is 0.533. The van der Waals surface area contributed by atoms with Crippen LogP contribution in [0, 0.1) is 0 Å². The minimum Gasteiger partial charge on any atom is -0.383 e. The molecule has 0 atom stereocenters. The normalized spacial score (nSPS) is 10.9. The van der Waals surface area contributed by atoms with Crippen LogP contribution < -0.4 is 0 Å². The Morgan fingerprint density at radius 1 is 1.30 bits per heavy atom. The summed E-state index contributed by atoms with van der Waals surface area (Å²) in [6.45, 7) is 5.39. The summed E-state index contributed by atoms with van der Waals surface area (Å²) in [6.07, 6.45) is 1.89. The average Bonchev–Trinajstić information content (AvgIpc) is 2.43. The van der Waals surface area contributed by atoms with Gasteiger partial charge in [0.2, 0.25) is 0 Å². The second-order valence-corrected chi connectivity index (χ2v) is 6.36. The number of benzene rings is 1. The lowest BCUT2D eigenvalue weighted by atomic mass is 10.1. The second kappa shape index (κ2) is 8.80. The molecule has 0 spiro atoms. The Hall–Kier alpha value is -0.390. The topological polar surface area (TPSA) is 29.5 Å². The van der Waals surface area contributed by atoms with E-state index in [0.29, 0.717) is 18.7 Å². The Morgan fingerprint density at radius 3 is 2.45 bits per heavy atom. The highest BCUT2D eigenvalue weighted by Gasteiger charge is 2.23. The molecule has 0 bridgehead atoms. The number of ether oxygens (including phenoxy) is 1. The Balaban J connectivity index is 3.02. The maximum atomic E-state index is 12.8. The number of amides is 1. The molecule has 0 heterocycles. The van der Waals surface area contributed by atoms with E-state index >= 15 is 0 Å². The van der Waals surface area contributed by atoms with Crippen molar-refractivity contribution in [1.29, 1.82) is 0 Å². The van der Waals surface area contributed by atoms with Gasteiger partial charge in [0.1, 0.15) is 0 Å². The fourth-order valence-corrected chi connectivity index (χ4v) is 3.40. The van der Waals surface area contributed by atoms with Crippen LogP contribution in [0.2, 0.25) is 0 Å². The molecule has 0 saturated heterocycles. The first-order chi connectivity index (χ1) is 9.54. The Morgan fingerprint density at radius 2 is 1.95 bits per heavy atom. The van der Waals surface area contributed by atoms with Crippen molar-refractivity contribution >= 4 is 37.8 Å². The molecule has 5 heteroatoms. The predicted molar refractivity (Wildman–Crippen MR) is 89.1 cm³/mol. The molecule has 112 valence electrons. The van der Waals surface area contributed by atoms with Crippen molar-refractivity contribution in [3.05, 3.63) is 32.7 Å². The number of methoxy groups -OCH3 is 1. The molecular weight excluding hydrogens is 386 g/mol. The van der Waals surface area contributed by atoms with Crippen LogP contribution in [0.15, 0.2) is 27.1 Å². The average molecular weight is 407 g/mol. The lowest BCUT2D eigenvalue weighted by Gasteiger charge is -2.30. The molecule has 0 aromatic heterocycles. The number of carbonyl (C=O) groups is 1. The number of nitrogens with zero attached hydrogens (tertiary/aromatic N) is 1. The quantitative estimate of drug-likeness (QED) is 0.667. The second-order valence-electron chi connectivity index (χ2n) is 4.59. The van der Waals surface area contributed by atoms with Crippen LogP contribution in [0.3, 0.4) is 0 Å². The van der Waals surface area contributed by atoms with Crippen LogP contribution in [0.25, 0.3) is 0 Å². The molecule has 0 aliphatic heterocycles. The maximum absolute atomic E-state index is 12.8. The molecule has 3 nitrogen and oxygen atoms in total. The zero-order valence-electron chi connectivity index (χ0n) is 12.2. The van der Waals surface area contributed by atoms with Crippen molar-refractivity contribution < 1.29 is 9.53 Å². The van der Waals surface area contributed by atoms with Gasteiger partial charge in [0.25, 0.3) is 5.91 Å². The zero-order valence-corrected chi connectivity index (χ0v) is 15.3. The molecule has 1 aromatic rings. The molecule has 0 radical (unpaired) electrons. The van der Waals surface area contributed by atoms with E-state index in [1.54, 1.807) is 7.11 Å². The first-order valence-corrected chi connectivity index (χ1v) is 8.38. The van der Waals surface area contributed by atoms with Crippen molar-refractivity contribution in [2.75, 3.05) is 20.3 Å². The number of rotatable bonds is 7. The van der Waals surface area contributed by atoms with Crippen molar-refractivity contribution in [2.45, 2.75) is 32.7 Å². The molecule has 0 saturated carbocycles. The van der Waals surface area contributed by atoms with Gasteiger partial charge in [-0.25, -0.2) is 0 Å². The first-order valence-electron chi connectivity index (χ1n) is 6.80. The minimum absolute atomic E-state index is 0.0510. The van der Waals surface area contributed by atoms with Crippen LogP contribution in [0.4, 0.5) is 0 Å². The van der Waals surface area contributed by atoms with Gasteiger partial charge < -0.3 is 9.64 Å². The minimum atomic E-state index is 0.0510. The number of hydrogen-bond acceptors (Lipinski definition) is 2. The summed E-state index contributed by atoms with van der Waals surface area (Å²) < 4.78 is 6.90. The van der Waals surface area contributed by atoms with Crippen LogP contribution in [0.1, 0.15) is 37.0 Å². The first kappa shape index (κ1) is 17.7. The molecule has 1 rings (SSSR count). The third-order valence-electron chi connectivity index (χ3n) is 3.34. The summed E-state index contributed by atoms with van der Waals surface area (Å²) in [5, 5.41) is 0. The largest absolute Gasteiger partial charge is 0.383 e. The standard InChI is InChI=1S/C15H21Br2NO2/c1-4-12(5-2)18(8-9-20-3)15(19)13-7-6-11(16)10-14(13)17/h6-7,10,12H,4-5,8-9H2,1-3H3. The zero-order chi connectivity index (χ0) is 15.1. The van der Waals surface area contributed by atoms with Gasteiger partial charge >= 0.3 is 0 Å². The van der Waals surface area contributed by atoms with Gasteiger partial charge in [-0.2, -0.15) is 0 Å². The lowest BCUT2D eigenvalue weighted by Crippen LogP contribution is -2.42. The molecule has 0 aliphatic rings. The highest BCUT2D eigenvalue weighted by Crippen LogP contribution is 2.24. The van der Waals surface area contributed by atoms with E-state index in [4.69, 9.17) is 4.74 Å². The molecular formula is C15H21Br2NO2. The van der Waals surface area contributed by atoms with Gasteiger partial charge in [-0.15, -0.1) is 0 Å². The van der Waals surface area contributed by atoms with Gasteiger partial charge in [-0.05, 0) is 47.0 Å². The molecule has 0 unspecified atom stereocenters. The smallest absolute Gasteiger partial charge is 0.255 e. The van der Waals surface area contributed by atoms with Gasteiger partial charge in [0.05, 0.1) is 12.2 Å². The fourth-order valence-electron chi connectivity index (χ4n) is 2.19. The van der Waals surface area contributed by atoms with Gasteiger partial charge in [-0.1, -0.05) is 29.8 Å². The van der Waals surface area contributed by atoms with E-state index in [1.165, 1.54) is 0 Å². The summed E-state index contributed by atoms with van der Waals surface area (Å²) in [5.74, 6) is 0.0510. The molecule has 0 aliphatic carbocycles. The predicted octanol–water partition coefficient (Wildman–Crippen LogP) is 4.49. The summed E-state index contributed by atoms with van der Waals surface area (Å²) in [5.41, 5.74) is 0.691. The molecule has 1 amide bonds. The SMILES string of the molecule is CCC(CC)N(CCOC)C(=O)c1ccc(Br)cc1Br. The van der Waals surface area contributed by atoms with E-state index in [0.717, 1.165) is 21.8 Å². The summed E-state index contributed by atoms with van der Waals surface area (Å²) in [4.78, 5) is 14.7. The molecule has 0 N–H and O–H groups in total. The highest BCUT2D eigenvalue weighted by atomic mass is 79.9. The summed E-state index contributed by atoms with van der Waals surface area (Å²) >= 11 is 6.87. The van der Waals surface area contributed by atoms with E-state index in [1.807, 2.05) is 23.1 Å². The van der Waals surface area contributed by atoms with Crippen molar-refractivity contribution in [3.63, 3.8) is 0 Å². The highest BCUT2D eigenvalue weighted by molar-refractivity contribution is 9.11. The van der Waals surface area contributed by atoms with Crippen molar-refractivity contribution in [3.8, 4) is 0 Å².